The first-order chi connectivity index (χ1) is 13.3. The Hall–Kier alpha value is -2.51. The van der Waals surface area contributed by atoms with Gasteiger partial charge in [-0.05, 0) is 50.7 Å². The van der Waals surface area contributed by atoms with Crippen LogP contribution in [-0.4, -0.2) is 46.9 Å². The van der Waals surface area contributed by atoms with Gasteiger partial charge < -0.3 is 15.3 Å². The molecule has 0 aromatic heterocycles. The number of hydrogen-bond acceptors (Lipinski definition) is 3. The molecule has 0 radical (unpaired) electrons. The molecular weight excluding hydrogens is 370 g/mol. The van der Waals surface area contributed by atoms with Crippen molar-refractivity contribution in [1.29, 1.82) is 0 Å². The fourth-order valence-electron chi connectivity index (χ4n) is 3.98. The molecule has 0 spiro atoms. The van der Waals surface area contributed by atoms with Gasteiger partial charge in [0, 0.05) is 31.1 Å². The van der Waals surface area contributed by atoms with Crippen molar-refractivity contribution in [2.45, 2.75) is 44.6 Å². The molecule has 1 aliphatic heterocycles. The number of aliphatic carboxylic acids is 1. The SMILES string of the molecule is O=C(O)C1CCC(NC(=O)C2CCN(C(=O)c3ccc(F)cc3F)CC2)CC1. The molecule has 3 rings (SSSR count). The predicted octanol–water partition coefficient (Wildman–Crippen LogP) is 2.58. The van der Waals surface area contributed by atoms with E-state index in [4.69, 9.17) is 5.11 Å². The Labute approximate surface area is 161 Å². The van der Waals surface area contributed by atoms with Gasteiger partial charge in [-0.2, -0.15) is 0 Å². The highest BCUT2D eigenvalue weighted by Crippen LogP contribution is 2.26. The van der Waals surface area contributed by atoms with Gasteiger partial charge in [-0.1, -0.05) is 0 Å². The summed E-state index contributed by atoms with van der Waals surface area (Å²) in [6.07, 6.45) is 3.40. The molecule has 8 heteroatoms. The number of amides is 2. The second kappa shape index (κ2) is 8.67. The fraction of sp³-hybridized carbons (Fsp3) is 0.550. The fourth-order valence-corrected chi connectivity index (χ4v) is 3.98. The summed E-state index contributed by atoms with van der Waals surface area (Å²) in [5.74, 6) is -3.51. The molecule has 2 fully saturated rings. The molecule has 1 aromatic rings. The quantitative estimate of drug-likeness (QED) is 0.822. The van der Waals surface area contributed by atoms with Crippen LogP contribution in [0.2, 0.25) is 0 Å². The maximum atomic E-state index is 13.8. The first kappa shape index (κ1) is 20.2. The number of carbonyl (C=O) groups excluding carboxylic acids is 2. The monoisotopic (exact) mass is 394 g/mol. The average molecular weight is 394 g/mol. The van der Waals surface area contributed by atoms with Crippen molar-refractivity contribution >= 4 is 17.8 Å². The normalized spacial score (nSPS) is 23.3. The van der Waals surface area contributed by atoms with Crippen molar-refractivity contribution < 1.29 is 28.3 Å². The number of hydrogen-bond donors (Lipinski definition) is 2. The van der Waals surface area contributed by atoms with Crippen molar-refractivity contribution in [2.24, 2.45) is 11.8 Å². The number of likely N-dealkylation sites (tertiary alicyclic amines) is 1. The summed E-state index contributed by atoms with van der Waals surface area (Å²) in [5.41, 5.74) is -0.167. The van der Waals surface area contributed by atoms with Gasteiger partial charge in [-0.25, -0.2) is 8.78 Å². The summed E-state index contributed by atoms with van der Waals surface area (Å²) in [5, 5.41) is 12.0. The van der Waals surface area contributed by atoms with Gasteiger partial charge in [-0.15, -0.1) is 0 Å². The Bertz CT molecular complexity index is 755. The zero-order valence-electron chi connectivity index (χ0n) is 15.5. The molecule has 1 aromatic carbocycles. The maximum absolute atomic E-state index is 13.8. The lowest BCUT2D eigenvalue weighted by atomic mass is 9.85. The van der Waals surface area contributed by atoms with Crippen molar-refractivity contribution in [3.05, 3.63) is 35.4 Å². The van der Waals surface area contributed by atoms with Crippen LogP contribution in [0.25, 0.3) is 0 Å². The molecular formula is C20H24F2N2O4. The van der Waals surface area contributed by atoms with Crippen molar-refractivity contribution in [3.63, 3.8) is 0 Å². The van der Waals surface area contributed by atoms with Gasteiger partial charge in [0.1, 0.15) is 11.6 Å². The largest absolute Gasteiger partial charge is 0.481 e. The second-order valence-electron chi connectivity index (χ2n) is 7.59. The highest BCUT2D eigenvalue weighted by molar-refractivity contribution is 5.94. The molecule has 1 aliphatic carbocycles. The smallest absolute Gasteiger partial charge is 0.306 e. The third kappa shape index (κ3) is 4.66. The average Bonchev–Trinajstić information content (AvgIpc) is 2.68. The minimum absolute atomic E-state index is 0.00364. The summed E-state index contributed by atoms with van der Waals surface area (Å²) in [6.45, 7) is 0.666. The van der Waals surface area contributed by atoms with Crippen LogP contribution in [0.1, 0.15) is 48.9 Å². The van der Waals surface area contributed by atoms with Crippen LogP contribution in [0, 0.1) is 23.5 Å². The second-order valence-corrected chi connectivity index (χ2v) is 7.59. The highest BCUT2D eigenvalue weighted by Gasteiger charge is 2.31. The van der Waals surface area contributed by atoms with E-state index in [9.17, 15) is 23.2 Å². The molecule has 28 heavy (non-hydrogen) atoms. The molecule has 2 N–H and O–H groups in total. The summed E-state index contributed by atoms with van der Waals surface area (Å²) in [7, 11) is 0. The predicted molar refractivity (Wildman–Crippen MR) is 96.5 cm³/mol. The van der Waals surface area contributed by atoms with E-state index in [-0.39, 0.29) is 29.3 Å². The molecule has 0 atom stereocenters. The lowest BCUT2D eigenvalue weighted by Gasteiger charge is -2.33. The van der Waals surface area contributed by atoms with Crippen molar-refractivity contribution in [1.82, 2.24) is 10.2 Å². The van der Waals surface area contributed by atoms with Crippen LogP contribution in [0.5, 0.6) is 0 Å². The molecule has 0 unspecified atom stereocenters. The number of nitrogens with one attached hydrogen (secondary N) is 1. The van der Waals surface area contributed by atoms with E-state index in [0.29, 0.717) is 57.7 Å². The molecule has 6 nitrogen and oxygen atoms in total. The standard InChI is InChI=1S/C20H24F2N2O4/c21-14-3-6-16(17(22)11-14)19(26)24-9-7-12(8-10-24)18(25)23-15-4-1-13(2-5-15)20(27)28/h3,6,11-13,15H,1-2,4-5,7-10H2,(H,23,25)(H,27,28). The number of carbonyl (C=O) groups is 3. The van der Waals surface area contributed by atoms with E-state index >= 15 is 0 Å². The van der Waals surface area contributed by atoms with E-state index in [0.717, 1.165) is 12.1 Å². The number of piperidine rings is 1. The van der Waals surface area contributed by atoms with E-state index < -0.39 is 23.5 Å². The van der Waals surface area contributed by atoms with Gasteiger partial charge in [0.2, 0.25) is 5.91 Å². The first-order valence-electron chi connectivity index (χ1n) is 9.62. The van der Waals surface area contributed by atoms with Crippen molar-refractivity contribution in [2.75, 3.05) is 13.1 Å². The number of rotatable bonds is 4. The maximum Gasteiger partial charge on any atom is 0.306 e. The zero-order valence-corrected chi connectivity index (χ0v) is 15.5. The van der Waals surface area contributed by atoms with Gasteiger partial charge in [0.05, 0.1) is 11.5 Å². The first-order valence-corrected chi connectivity index (χ1v) is 9.62. The third-order valence-electron chi connectivity index (χ3n) is 5.74. The summed E-state index contributed by atoms with van der Waals surface area (Å²) in [6, 6.07) is 2.87. The van der Waals surface area contributed by atoms with E-state index in [1.807, 2.05) is 0 Å². The Morgan fingerprint density at radius 2 is 1.61 bits per heavy atom. The summed E-state index contributed by atoms with van der Waals surface area (Å²) in [4.78, 5) is 37.4. The van der Waals surface area contributed by atoms with Crippen LogP contribution >= 0.6 is 0 Å². The third-order valence-corrected chi connectivity index (χ3v) is 5.74. The molecule has 2 amide bonds. The molecule has 1 heterocycles. The van der Waals surface area contributed by atoms with Crippen LogP contribution in [-0.2, 0) is 9.59 Å². The molecule has 152 valence electrons. The minimum atomic E-state index is -0.887. The van der Waals surface area contributed by atoms with Gasteiger partial charge in [0.25, 0.3) is 5.91 Å². The number of carboxylic acid groups (broad SMARTS) is 1. The Kier molecular flexibility index (Phi) is 6.26. The number of carboxylic acids is 1. The number of halogens is 2. The Morgan fingerprint density at radius 1 is 0.964 bits per heavy atom. The van der Waals surface area contributed by atoms with Crippen LogP contribution in [0.4, 0.5) is 8.78 Å². The topological polar surface area (TPSA) is 86.7 Å². The molecule has 0 bridgehead atoms. The zero-order chi connectivity index (χ0) is 20.3. The van der Waals surface area contributed by atoms with Crippen LogP contribution < -0.4 is 5.32 Å². The van der Waals surface area contributed by atoms with E-state index in [2.05, 4.69) is 5.32 Å². The minimum Gasteiger partial charge on any atom is -0.481 e. The van der Waals surface area contributed by atoms with Crippen LogP contribution in [0.3, 0.4) is 0 Å². The van der Waals surface area contributed by atoms with Crippen LogP contribution in [0.15, 0.2) is 18.2 Å². The van der Waals surface area contributed by atoms with E-state index in [1.54, 1.807) is 0 Å². The lowest BCUT2D eigenvalue weighted by Crippen LogP contribution is -2.46. The molecule has 1 saturated carbocycles. The Morgan fingerprint density at radius 3 is 2.18 bits per heavy atom. The number of benzene rings is 1. The Balaban J connectivity index is 1.47. The molecule has 1 saturated heterocycles. The van der Waals surface area contributed by atoms with E-state index in [1.165, 1.54) is 4.90 Å². The van der Waals surface area contributed by atoms with Gasteiger partial charge in [0.15, 0.2) is 0 Å². The lowest BCUT2D eigenvalue weighted by molar-refractivity contribution is -0.142. The summed E-state index contributed by atoms with van der Waals surface area (Å²) >= 11 is 0. The highest BCUT2D eigenvalue weighted by atomic mass is 19.1. The molecule has 2 aliphatic rings. The summed E-state index contributed by atoms with van der Waals surface area (Å²) < 4.78 is 26.8. The van der Waals surface area contributed by atoms with Gasteiger partial charge in [-0.3, -0.25) is 14.4 Å². The number of nitrogens with zero attached hydrogens (tertiary/aromatic N) is 1. The van der Waals surface area contributed by atoms with Crippen molar-refractivity contribution in [3.8, 4) is 0 Å². The van der Waals surface area contributed by atoms with Gasteiger partial charge >= 0.3 is 5.97 Å².